The lowest BCUT2D eigenvalue weighted by Crippen LogP contribution is -2.11. The van der Waals surface area contributed by atoms with E-state index in [1.807, 2.05) is 0 Å². The molecule has 0 spiro atoms. The maximum atomic E-state index is 12.5. The van der Waals surface area contributed by atoms with Crippen LogP contribution in [-0.2, 0) is 10.8 Å². The Labute approximate surface area is 86.7 Å². The maximum Gasteiger partial charge on any atom is 0.416 e. The molecule has 0 heterocycles. The van der Waals surface area contributed by atoms with Crippen LogP contribution >= 0.6 is 0 Å². The molecule has 0 unspecified atom stereocenters. The van der Waals surface area contributed by atoms with Gasteiger partial charge in [-0.05, 0) is 24.6 Å². The summed E-state index contributed by atoms with van der Waals surface area (Å²) in [5, 5.41) is 2.71. The fraction of sp³-hybridized carbons (Fsp3) is 0.333. The van der Waals surface area contributed by atoms with Gasteiger partial charge in [-0.2, -0.15) is 13.2 Å². The van der Waals surface area contributed by atoms with Crippen LogP contribution in [0.2, 0.25) is 0 Å². The van der Waals surface area contributed by atoms with Crippen molar-refractivity contribution in [1.29, 1.82) is 0 Å². The van der Waals surface area contributed by atoms with Gasteiger partial charge in [-0.25, -0.2) is 0 Å². The minimum atomic E-state index is -4.31. The average molecular weight is 217 g/mol. The molecule has 0 aliphatic rings. The van der Waals surface area contributed by atoms with Crippen molar-refractivity contribution in [2.45, 2.75) is 13.1 Å². The van der Waals surface area contributed by atoms with Crippen molar-refractivity contribution in [2.75, 3.05) is 12.3 Å². The topological polar surface area (TPSA) is 21.3 Å². The molecule has 82 valence electrons. The van der Waals surface area contributed by atoms with Gasteiger partial charge in [0.05, 0.1) is 5.56 Å². The van der Waals surface area contributed by atoms with Crippen LogP contribution in [0.5, 0.6) is 0 Å². The second kappa shape index (κ2) is 4.57. The molecule has 1 aromatic rings. The minimum Gasteiger partial charge on any atom is -0.422 e. The van der Waals surface area contributed by atoms with Crippen LogP contribution in [0.3, 0.4) is 0 Å². The quantitative estimate of drug-likeness (QED) is 0.784. The van der Waals surface area contributed by atoms with Gasteiger partial charge in [0.1, 0.15) is 0 Å². The lowest BCUT2D eigenvalue weighted by Gasteiger charge is -2.12. The highest BCUT2D eigenvalue weighted by atomic mass is 19.4. The molecule has 0 saturated carbocycles. The van der Waals surface area contributed by atoms with Gasteiger partial charge in [-0.3, -0.25) is 0 Å². The standard InChI is InChI=1S/C9H11BF3NO/c1-6-3-4-7(14-10-15-2)5-8(6)9(11,12)13/h3-5,10,14H,1-2H3. The number of rotatable bonds is 3. The third-order valence-corrected chi connectivity index (χ3v) is 1.96. The summed E-state index contributed by atoms with van der Waals surface area (Å²) in [5.74, 6) is 0. The first-order chi connectivity index (χ1) is 6.95. The zero-order chi connectivity index (χ0) is 11.5. The smallest absolute Gasteiger partial charge is 0.416 e. The summed E-state index contributed by atoms with van der Waals surface area (Å²) in [6.07, 6.45) is -4.31. The molecule has 1 N–H and O–H groups in total. The first-order valence-electron chi connectivity index (χ1n) is 4.36. The predicted molar refractivity (Wildman–Crippen MR) is 54.0 cm³/mol. The number of benzene rings is 1. The molecule has 1 rings (SSSR count). The van der Waals surface area contributed by atoms with Crippen molar-refractivity contribution in [1.82, 2.24) is 0 Å². The van der Waals surface area contributed by atoms with Crippen LogP contribution in [0.25, 0.3) is 0 Å². The SMILES string of the molecule is COBNc1ccc(C)c(C(F)(F)F)c1. The van der Waals surface area contributed by atoms with Gasteiger partial charge in [-0.15, -0.1) is 0 Å². The molecule has 6 heteroatoms. The normalized spacial score (nSPS) is 11.3. The molecule has 0 atom stereocenters. The summed E-state index contributed by atoms with van der Waals surface area (Å²) >= 11 is 0. The van der Waals surface area contributed by atoms with E-state index in [-0.39, 0.29) is 13.2 Å². The number of hydrogen-bond acceptors (Lipinski definition) is 2. The summed E-state index contributed by atoms with van der Waals surface area (Å²) < 4.78 is 42.2. The fourth-order valence-corrected chi connectivity index (χ4v) is 1.19. The fourth-order valence-electron chi connectivity index (χ4n) is 1.19. The number of anilines is 1. The molecular weight excluding hydrogens is 206 g/mol. The molecular formula is C9H11BF3NO. The van der Waals surface area contributed by atoms with Gasteiger partial charge in [-0.1, -0.05) is 6.07 Å². The molecule has 15 heavy (non-hydrogen) atoms. The lowest BCUT2D eigenvalue weighted by atomic mass is 10.1. The third-order valence-electron chi connectivity index (χ3n) is 1.96. The Bertz CT molecular complexity index is 341. The minimum absolute atomic E-state index is 0.181. The van der Waals surface area contributed by atoms with Crippen molar-refractivity contribution < 1.29 is 17.8 Å². The Hall–Kier alpha value is -1.17. The zero-order valence-corrected chi connectivity index (χ0v) is 8.48. The van der Waals surface area contributed by atoms with Crippen molar-refractivity contribution in [3.8, 4) is 0 Å². The maximum absolute atomic E-state index is 12.5. The Morgan fingerprint density at radius 2 is 2.00 bits per heavy atom. The molecule has 0 aliphatic heterocycles. The average Bonchev–Trinajstić information content (AvgIpc) is 2.15. The first kappa shape index (κ1) is 11.9. The molecule has 0 aliphatic carbocycles. The Morgan fingerprint density at radius 1 is 1.33 bits per heavy atom. The zero-order valence-electron chi connectivity index (χ0n) is 8.48. The summed E-state index contributed by atoms with van der Waals surface area (Å²) in [7, 11) is 1.65. The molecule has 0 fully saturated rings. The van der Waals surface area contributed by atoms with Gasteiger partial charge in [0.15, 0.2) is 0 Å². The van der Waals surface area contributed by atoms with E-state index in [4.69, 9.17) is 4.65 Å². The molecule has 0 saturated heterocycles. The highest BCUT2D eigenvalue weighted by Gasteiger charge is 2.32. The highest BCUT2D eigenvalue weighted by Crippen LogP contribution is 2.33. The van der Waals surface area contributed by atoms with E-state index in [0.717, 1.165) is 6.07 Å². The number of aryl methyl sites for hydroxylation is 1. The van der Waals surface area contributed by atoms with Crippen molar-refractivity contribution in [3.63, 3.8) is 0 Å². The monoisotopic (exact) mass is 217 g/mol. The Morgan fingerprint density at radius 3 is 2.53 bits per heavy atom. The molecule has 0 amide bonds. The largest absolute Gasteiger partial charge is 0.422 e. The molecule has 0 aromatic heterocycles. The summed E-state index contributed by atoms with van der Waals surface area (Å²) in [6, 6.07) is 4.10. The van der Waals surface area contributed by atoms with Gasteiger partial charge < -0.3 is 9.88 Å². The van der Waals surface area contributed by atoms with Crippen LogP contribution < -0.4 is 5.23 Å². The second-order valence-corrected chi connectivity index (χ2v) is 3.14. The van der Waals surface area contributed by atoms with Crippen molar-refractivity contribution in [2.24, 2.45) is 0 Å². The highest BCUT2D eigenvalue weighted by molar-refractivity contribution is 6.32. The van der Waals surface area contributed by atoms with Gasteiger partial charge in [0.25, 0.3) is 0 Å². The van der Waals surface area contributed by atoms with Crippen LogP contribution in [0.4, 0.5) is 18.9 Å². The van der Waals surface area contributed by atoms with E-state index in [9.17, 15) is 13.2 Å². The van der Waals surface area contributed by atoms with Crippen molar-refractivity contribution in [3.05, 3.63) is 29.3 Å². The van der Waals surface area contributed by atoms with Gasteiger partial charge in [0, 0.05) is 12.8 Å². The summed E-state index contributed by atoms with van der Waals surface area (Å²) in [5.41, 5.74) is -0.0103. The van der Waals surface area contributed by atoms with E-state index in [0.29, 0.717) is 5.69 Å². The number of nitrogens with one attached hydrogen (secondary N) is 1. The van der Waals surface area contributed by atoms with Crippen LogP contribution in [-0.4, -0.2) is 14.7 Å². The molecule has 1 aromatic carbocycles. The lowest BCUT2D eigenvalue weighted by molar-refractivity contribution is -0.138. The number of hydrogen-bond donors (Lipinski definition) is 1. The van der Waals surface area contributed by atoms with Gasteiger partial charge in [0.2, 0.25) is 0 Å². The van der Waals surface area contributed by atoms with E-state index in [1.54, 1.807) is 6.07 Å². The number of halogens is 3. The Balaban J connectivity index is 2.95. The predicted octanol–water partition coefficient (Wildman–Crippen LogP) is 2.34. The third kappa shape index (κ3) is 3.16. The van der Waals surface area contributed by atoms with Crippen LogP contribution in [0.15, 0.2) is 18.2 Å². The molecule has 2 nitrogen and oxygen atoms in total. The van der Waals surface area contributed by atoms with Gasteiger partial charge >= 0.3 is 13.8 Å². The van der Waals surface area contributed by atoms with Crippen LogP contribution in [0, 0.1) is 6.92 Å². The second-order valence-electron chi connectivity index (χ2n) is 3.14. The first-order valence-corrected chi connectivity index (χ1v) is 4.36. The van der Waals surface area contributed by atoms with Crippen LogP contribution in [0.1, 0.15) is 11.1 Å². The molecule has 0 bridgehead atoms. The number of alkyl halides is 3. The Kier molecular flexibility index (Phi) is 3.63. The van der Waals surface area contributed by atoms with Crippen molar-refractivity contribution >= 4 is 13.3 Å². The van der Waals surface area contributed by atoms with E-state index in [1.165, 1.54) is 20.1 Å². The van der Waals surface area contributed by atoms with E-state index < -0.39 is 11.7 Å². The summed E-state index contributed by atoms with van der Waals surface area (Å²) in [6.45, 7) is 1.43. The van der Waals surface area contributed by atoms with E-state index in [2.05, 4.69) is 5.23 Å². The molecule has 0 radical (unpaired) electrons. The van der Waals surface area contributed by atoms with E-state index >= 15 is 0 Å². The summed E-state index contributed by atoms with van der Waals surface area (Å²) in [4.78, 5) is 0.